The van der Waals surface area contributed by atoms with Crippen LogP contribution in [0.25, 0.3) is 10.8 Å². The molecule has 3 heterocycles. The third-order valence-corrected chi connectivity index (χ3v) is 8.19. The quantitative estimate of drug-likeness (QED) is 0.376. The smallest absolute Gasteiger partial charge is 0.320 e. The number of aromatic nitrogens is 2. The van der Waals surface area contributed by atoms with Gasteiger partial charge in [-0.15, -0.1) is 24.8 Å². The van der Waals surface area contributed by atoms with E-state index in [0.717, 1.165) is 60.0 Å². The molecule has 3 aliphatic rings. The van der Waals surface area contributed by atoms with Gasteiger partial charge in [-0.05, 0) is 59.0 Å². The van der Waals surface area contributed by atoms with Gasteiger partial charge in [-0.25, -0.2) is 0 Å². The zero-order chi connectivity index (χ0) is 24.9. The van der Waals surface area contributed by atoms with Gasteiger partial charge in [0.25, 0.3) is 5.91 Å². The van der Waals surface area contributed by atoms with E-state index in [1.165, 1.54) is 6.07 Å². The lowest BCUT2D eigenvalue weighted by atomic mass is 10.0. The molecular formula is C26H29Cl2IN4O5. The highest BCUT2D eigenvalue weighted by molar-refractivity contribution is 14.1. The number of ether oxygens (including phenoxy) is 2. The molecule has 0 unspecified atom stereocenters. The summed E-state index contributed by atoms with van der Waals surface area (Å²) in [5.41, 5.74) is 1.64. The maximum atomic E-state index is 13.5. The normalized spacial score (nSPS) is 17.9. The highest BCUT2D eigenvalue weighted by Crippen LogP contribution is 2.46. The Bertz CT molecular complexity index is 1350. The Kier molecular flexibility index (Phi) is 8.78. The van der Waals surface area contributed by atoms with Crippen molar-refractivity contribution in [2.45, 2.75) is 25.9 Å². The molecule has 6 rings (SSSR count). The number of carbonyl (C=O) groups is 1. The molecule has 2 N–H and O–H groups in total. The van der Waals surface area contributed by atoms with Gasteiger partial charge >= 0.3 is 6.01 Å². The Hall–Kier alpha value is -2.12. The number of aromatic hydroxyl groups is 2. The van der Waals surface area contributed by atoms with Crippen LogP contribution in [0.2, 0.25) is 0 Å². The molecule has 1 saturated heterocycles. The third kappa shape index (κ3) is 5.74. The molecule has 0 spiro atoms. The van der Waals surface area contributed by atoms with E-state index in [-0.39, 0.29) is 66.9 Å². The fourth-order valence-corrected chi connectivity index (χ4v) is 5.91. The molecule has 38 heavy (non-hydrogen) atoms. The van der Waals surface area contributed by atoms with Gasteiger partial charge in [0.05, 0.1) is 49.7 Å². The van der Waals surface area contributed by atoms with Crippen molar-refractivity contribution in [2.75, 3.05) is 39.5 Å². The van der Waals surface area contributed by atoms with Crippen molar-refractivity contribution in [3.63, 3.8) is 0 Å². The SMILES string of the molecule is Cl.Cl.O=C(c1cc(O)cc2cccc(I)c12)N1Cc2nc(OCC3(CN4CCOCC4)CC3)nc(O)c2C1. The molecule has 9 nitrogen and oxygen atoms in total. The molecule has 2 fully saturated rings. The lowest BCUT2D eigenvalue weighted by Gasteiger charge is -2.30. The van der Waals surface area contributed by atoms with E-state index < -0.39 is 0 Å². The fourth-order valence-electron chi connectivity index (χ4n) is 5.10. The van der Waals surface area contributed by atoms with Crippen molar-refractivity contribution in [3.05, 3.63) is 50.7 Å². The van der Waals surface area contributed by atoms with E-state index in [4.69, 9.17) is 9.47 Å². The van der Waals surface area contributed by atoms with Gasteiger partial charge in [-0.2, -0.15) is 9.97 Å². The second kappa shape index (κ2) is 11.5. The number of phenolic OH excluding ortho intramolecular Hbond substituents is 1. The Labute approximate surface area is 246 Å². The van der Waals surface area contributed by atoms with Crippen LogP contribution in [0.1, 0.15) is 34.5 Å². The highest BCUT2D eigenvalue weighted by Gasteiger charge is 2.45. The molecule has 1 amide bonds. The number of carbonyl (C=O) groups excluding carboxylic acids is 1. The monoisotopic (exact) mass is 674 g/mol. The number of amides is 1. The predicted molar refractivity (Wildman–Crippen MR) is 155 cm³/mol. The first-order valence-corrected chi connectivity index (χ1v) is 13.2. The second-order valence-electron chi connectivity index (χ2n) is 9.92. The minimum atomic E-state index is -0.234. The van der Waals surface area contributed by atoms with E-state index in [1.807, 2.05) is 18.2 Å². The zero-order valence-electron chi connectivity index (χ0n) is 20.6. The first-order valence-electron chi connectivity index (χ1n) is 12.1. The summed E-state index contributed by atoms with van der Waals surface area (Å²) in [6.45, 7) is 5.31. The minimum absolute atomic E-state index is 0. The van der Waals surface area contributed by atoms with Crippen molar-refractivity contribution < 1.29 is 24.5 Å². The summed E-state index contributed by atoms with van der Waals surface area (Å²) in [4.78, 5) is 26.3. The van der Waals surface area contributed by atoms with Crippen LogP contribution in [0, 0.1) is 8.99 Å². The van der Waals surface area contributed by atoms with Crippen LogP contribution < -0.4 is 4.74 Å². The molecule has 1 aromatic heterocycles. The number of nitrogens with zero attached hydrogens (tertiary/aromatic N) is 4. The molecule has 1 saturated carbocycles. The molecule has 0 atom stereocenters. The zero-order valence-corrected chi connectivity index (χ0v) is 24.4. The minimum Gasteiger partial charge on any atom is -0.508 e. The standard InChI is InChI=1S/C26H27IN4O5.2ClH/c27-20-3-1-2-16-10-17(32)11-18(22(16)20)24(34)31-12-19-21(13-31)28-25(29-23(19)33)36-15-26(4-5-26)14-30-6-8-35-9-7-30;;/h1-3,10-11,32H,4-9,12-15H2,(H,28,29,33);2*1H. The van der Waals surface area contributed by atoms with E-state index in [1.54, 1.807) is 11.0 Å². The molecule has 0 bridgehead atoms. The Balaban J connectivity index is 0.00000168. The maximum absolute atomic E-state index is 13.5. The summed E-state index contributed by atoms with van der Waals surface area (Å²) in [5, 5.41) is 22.4. The summed E-state index contributed by atoms with van der Waals surface area (Å²) in [6, 6.07) is 9.00. The van der Waals surface area contributed by atoms with E-state index >= 15 is 0 Å². The summed E-state index contributed by atoms with van der Waals surface area (Å²) < 4.78 is 12.3. The van der Waals surface area contributed by atoms with Gasteiger partial charge in [0, 0.05) is 34.0 Å². The van der Waals surface area contributed by atoms with Crippen LogP contribution in [0.4, 0.5) is 0 Å². The molecule has 2 aliphatic heterocycles. The number of benzene rings is 2. The summed E-state index contributed by atoms with van der Waals surface area (Å²) in [5.74, 6) is -0.352. The number of halogens is 3. The van der Waals surface area contributed by atoms with Crippen molar-refractivity contribution in [1.82, 2.24) is 19.8 Å². The average Bonchev–Trinajstić information content (AvgIpc) is 3.48. The Morgan fingerprint density at radius 1 is 1.11 bits per heavy atom. The number of hydrogen-bond donors (Lipinski definition) is 2. The van der Waals surface area contributed by atoms with Crippen LogP contribution in [-0.2, 0) is 17.8 Å². The van der Waals surface area contributed by atoms with Gasteiger partial charge in [-0.3, -0.25) is 9.69 Å². The Morgan fingerprint density at radius 2 is 1.87 bits per heavy atom. The fraction of sp³-hybridized carbons (Fsp3) is 0.423. The second-order valence-corrected chi connectivity index (χ2v) is 11.1. The lowest BCUT2D eigenvalue weighted by Crippen LogP contribution is -2.41. The van der Waals surface area contributed by atoms with Crippen LogP contribution in [0.3, 0.4) is 0 Å². The summed E-state index contributed by atoms with van der Waals surface area (Å²) >= 11 is 2.20. The number of rotatable bonds is 6. The van der Waals surface area contributed by atoms with Gasteiger partial charge in [0.1, 0.15) is 5.75 Å². The topological polar surface area (TPSA) is 108 Å². The number of phenols is 1. The van der Waals surface area contributed by atoms with E-state index in [9.17, 15) is 15.0 Å². The van der Waals surface area contributed by atoms with Crippen LogP contribution in [0.15, 0.2) is 30.3 Å². The average molecular weight is 675 g/mol. The van der Waals surface area contributed by atoms with E-state index in [2.05, 4.69) is 37.5 Å². The highest BCUT2D eigenvalue weighted by atomic mass is 127. The van der Waals surface area contributed by atoms with Gasteiger partial charge in [0.2, 0.25) is 5.88 Å². The molecule has 1 aliphatic carbocycles. The molecule has 0 radical (unpaired) electrons. The van der Waals surface area contributed by atoms with Crippen molar-refractivity contribution in [3.8, 4) is 17.6 Å². The van der Waals surface area contributed by atoms with E-state index in [0.29, 0.717) is 23.4 Å². The van der Waals surface area contributed by atoms with Crippen molar-refractivity contribution >= 4 is 64.1 Å². The molecular weight excluding hydrogens is 646 g/mol. The number of fused-ring (bicyclic) bond motifs is 2. The molecule has 2 aromatic carbocycles. The maximum Gasteiger partial charge on any atom is 0.320 e. The number of morpholine rings is 1. The lowest BCUT2D eigenvalue weighted by molar-refractivity contribution is 0.0231. The number of hydrogen-bond acceptors (Lipinski definition) is 8. The molecule has 12 heteroatoms. The van der Waals surface area contributed by atoms with Gasteiger partial charge < -0.3 is 24.6 Å². The van der Waals surface area contributed by atoms with Crippen LogP contribution in [-0.4, -0.2) is 75.3 Å². The predicted octanol–water partition coefficient (Wildman–Crippen LogP) is 4.14. The largest absolute Gasteiger partial charge is 0.508 e. The van der Waals surface area contributed by atoms with Crippen LogP contribution >= 0.6 is 47.4 Å². The molecule has 204 valence electrons. The summed E-state index contributed by atoms with van der Waals surface area (Å²) in [7, 11) is 0. The van der Waals surface area contributed by atoms with Crippen molar-refractivity contribution in [2.24, 2.45) is 5.41 Å². The summed E-state index contributed by atoms with van der Waals surface area (Å²) in [6.07, 6.45) is 2.19. The Morgan fingerprint density at radius 3 is 2.61 bits per heavy atom. The van der Waals surface area contributed by atoms with Crippen LogP contribution in [0.5, 0.6) is 17.6 Å². The van der Waals surface area contributed by atoms with Gasteiger partial charge in [0.15, 0.2) is 0 Å². The van der Waals surface area contributed by atoms with Gasteiger partial charge in [-0.1, -0.05) is 12.1 Å². The molecule has 3 aromatic rings. The first kappa shape index (κ1) is 28.9. The van der Waals surface area contributed by atoms with Crippen molar-refractivity contribution in [1.29, 1.82) is 0 Å². The third-order valence-electron chi connectivity index (χ3n) is 7.30. The first-order chi connectivity index (χ1) is 17.4.